The summed E-state index contributed by atoms with van der Waals surface area (Å²) in [6.45, 7) is 1.79. The van der Waals surface area contributed by atoms with Crippen molar-refractivity contribution in [2.24, 2.45) is 14.1 Å². The highest BCUT2D eigenvalue weighted by Gasteiger charge is 2.44. The van der Waals surface area contributed by atoms with Crippen molar-refractivity contribution in [3.63, 3.8) is 0 Å². The molecule has 1 atom stereocenters. The third-order valence-electron chi connectivity index (χ3n) is 9.20. The van der Waals surface area contributed by atoms with Gasteiger partial charge in [0.2, 0.25) is 0 Å². The lowest BCUT2D eigenvalue weighted by Gasteiger charge is -2.41. The second-order valence-electron chi connectivity index (χ2n) is 11.8. The first-order valence-electron chi connectivity index (χ1n) is 15.2. The molecule has 3 aromatic heterocycles. The van der Waals surface area contributed by atoms with Gasteiger partial charge in [0.15, 0.2) is 0 Å². The number of amides is 1. The summed E-state index contributed by atoms with van der Waals surface area (Å²) < 4.78 is 22.8. The van der Waals surface area contributed by atoms with Gasteiger partial charge in [0.05, 0.1) is 41.5 Å². The molecule has 6 rings (SSSR count). The number of carbonyl (C=O) groups is 2. The van der Waals surface area contributed by atoms with Crippen LogP contribution >= 0.6 is 0 Å². The minimum atomic E-state index is -1.00. The van der Waals surface area contributed by atoms with E-state index in [-0.39, 0.29) is 18.5 Å². The van der Waals surface area contributed by atoms with E-state index in [0.717, 1.165) is 82.8 Å². The number of furan rings is 1. The molecule has 8 nitrogen and oxygen atoms in total. The first-order valence-corrected chi connectivity index (χ1v) is 15.2. The molecule has 9 heteroatoms. The van der Waals surface area contributed by atoms with Gasteiger partial charge in [-0.2, -0.15) is 0 Å². The normalized spacial score (nSPS) is 15.2. The summed E-state index contributed by atoms with van der Waals surface area (Å²) in [5.74, 6) is -0.207. The van der Waals surface area contributed by atoms with Gasteiger partial charge in [-0.15, -0.1) is 0 Å². The zero-order valence-corrected chi connectivity index (χ0v) is 25.3. The van der Waals surface area contributed by atoms with Crippen LogP contribution in [0.2, 0.25) is 0 Å². The van der Waals surface area contributed by atoms with E-state index in [1.807, 2.05) is 61.1 Å². The molecule has 0 radical (unpaired) electrons. The summed E-state index contributed by atoms with van der Waals surface area (Å²) in [7, 11) is 3.94. The van der Waals surface area contributed by atoms with Crippen LogP contribution in [0.25, 0.3) is 39.3 Å². The Morgan fingerprint density at radius 3 is 2.61 bits per heavy atom. The zero-order chi connectivity index (χ0) is 31.0. The second kappa shape index (κ2) is 11.8. The number of aliphatic carboxylic acids is 1. The molecule has 5 aromatic rings. The Morgan fingerprint density at radius 1 is 1.14 bits per heavy atom. The van der Waals surface area contributed by atoms with Crippen molar-refractivity contribution in [1.82, 2.24) is 19.4 Å². The highest BCUT2D eigenvalue weighted by atomic mass is 19.1. The van der Waals surface area contributed by atoms with Crippen LogP contribution in [-0.2, 0) is 24.4 Å². The topological polar surface area (TPSA) is 102 Å². The molecule has 0 spiro atoms. The molecule has 1 aliphatic rings. The maximum atomic E-state index is 13.9. The molecular formula is C35H37FN4O4. The van der Waals surface area contributed by atoms with Crippen LogP contribution in [0.5, 0.6) is 0 Å². The average Bonchev–Trinajstić information content (AvgIpc) is 3.71. The van der Waals surface area contributed by atoms with Crippen molar-refractivity contribution in [1.29, 1.82) is 0 Å². The van der Waals surface area contributed by atoms with Crippen molar-refractivity contribution in [2.75, 3.05) is 6.67 Å². The molecule has 1 unspecified atom stereocenters. The van der Waals surface area contributed by atoms with Gasteiger partial charge >= 0.3 is 5.97 Å². The monoisotopic (exact) mass is 596 g/mol. The fraction of sp³-hybridized carbons (Fsp3) is 0.343. The number of benzene rings is 2. The molecule has 0 bridgehead atoms. The summed E-state index contributed by atoms with van der Waals surface area (Å²) >= 11 is 0. The van der Waals surface area contributed by atoms with Crippen LogP contribution in [0.1, 0.15) is 78.7 Å². The van der Waals surface area contributed by atoms with Crippen LogP contribution < -0.4 is 5.32 Å². The largest absolute Gasteiger partial charge is 0.478 e. The lowest BCUT2D eigenvalue weighted by Crippen LogP contribution is -2.52. The van der Waals surface area contributed by atoms with E-state index < -0.39 is 11.5 Å². The predicted octanol–water partition coefficient (Wildman–Crippen LogP) is 7.48. The van der Waals surface area contributed by atoms with Gasteiger partial charge in [-0.3, -0.25) is 9.18 Å². The molecule has 0 aliphatic heterocycles. The van der Waals surface area contributed by atoms with Gasteiger partial charge in [0.1, 0.15) is 5.82 Å². The predicted molar refractivity (Wildman–Crippen MR) is 169 cm³/mol. The number of hydrogen-bond donors (Lipinski definition) is 2. The number of aromatic nitrogens is 3. The fourth-order valence-electron chi connectivity index (χ4n) is 6.77. The molecule has 228 valence electrons. The number of carbonyl (C=O) groups excluding carboxylic acids is 1. The van der Waals surface area contributed by atoms with E-state index in [2.05, 4.69) is 16.8 Å². The number of imidazole rings is 1. The number of halogens is 1. The number of hydrogen-bond acceptors (Lipinski definition) is 4. The van der Waals surface area contributed by atoms with Gasteiger partial charge in [-0.25, -0.2) is 9.78 Å². The van der Waals surface area contributed by atoms with E-state index in [0.29, 0.717) is 12.0 Å². The first kappa shape index (κ1) is 29.4. The second-order valence-corrected chi connectivity index (χ2v) is 11.8. The molecule has 1 saturated carbocycles. The van der Waals surface area contributed by atoms with Crippen molar-refractivity contribution >= 4 is 39.9 Å². The first-order chi connectivity index (χ1) is 21.3. The minimum Gasteiger partial charge on any atom is -0.478 e. The fourth-order valence-corrected chi connectivity index (χ4v) is 6.77. The maximum Gasteiger partial charge on any atom is 0.328 e. The molecule has 1 fully saturated rings. The molecule has 1 amide bonds. The quantitative estimate of drug-likeness (QED) is 0.154. The highest BCUT2D eigenvalue weighted by Crippen LogP contribution is 2.43. The number of carboxylic acid groups (broad SMARTS) is 1. The third-order valence-corrected chi connectivity index (χ3v) is 9.20. The molecular weight excluding hydrogens is 559 g/mol. The van der Waals surface area contributed by atoms with E-state index in [1.165, 1.54) is 5.56 Å². The molecule has 2 N–H and O–H groups in total. The van der Waals surface area contributed by atoms with Crippen molar-refractivity contribution in [3.05, 3.63) is 83.6 Å². The smallest absolute Gasteiger partial charge is 0.328 e. The van der Waals surface area contributed by atoms with Crippen molar-refractivity contribution in [3.8, 4) is 11.3 Å². The number of rotatable bonds is 11. The van der Waals surface area contributed by atoms with Crippen LogP contribution in [0, 0.1) is 0 Å². The van der Waals surface area contributed by atoms with Gasteiger partial charge in [0, 0.05) is 42.2 Å². The van der Waals surface area contributed by atoms with Gasteiger partial charge in [-0.05, 0) is 92.0 Å². The minimum absolute atomic E-state index is 0.166. The number of nitrogens with zero attached hydrogens (tertiary/aromatic N) is 3. The van der Waals surface area contributed by atoms with E-state index in [1.54, 1.807) is 18.6 Å². The Labute approximate surface area is 255 Å². The Morgan fingerprint density at radius 2 is 1.95 bits per heavy atom. The van der Waals surface area contributed by atoms with Crippen LogP contribution in [-0.4, -0.2) is 37.8 Å². The number of fused-ring (bicyclic) bond motifs is 2. The number of aryl methyl sites for hydroxylation is 2. The summed E-state index contributed by atoms with van der Waals surface area (Å²) in [6.07, 6.45) is 10.7. The number of alkyl halides is 1. The molecule has 0 saturated heterocycles. The highest BCUT2D eigenvalue weighted by molar-refractivity contribution is 6.01. The Balaban J connectivity index is 1.36. The van der Waals surface area contributed by atoms with Gasteiger partial charge < -0.3 is 24.0 Å². The lowest BCUT2D eigenvalue weighted by atomic mass is 9.75. The SMILES string of the molecule is CCC(CCCF)c1c(-c2ccoc2)n(C)c2cc(C(=O)NC3(c4nc5ccc(/C=C/C(=O)O)cc5n4C)CCC3)ccc12. The third kappa shape index (κ3) is 5.10. The molecule has 3 heterocycles. The van der Waals surface area contributed by atoms with E-state index in [9.17, 15) is 14.0 Å². The van der Waals surface area contributed by atoms with E-state index >= 15 is 0 Å². The van der Waals surface area contributed by atoms with Gasteiger partial charge in [0.25, 0.3) is 5.91 Å². The van der Waals surface area contributed by atoms with E-state index in [4.69, 9.17) is 14.5 Å². The summed E-state index contributed by atoms with van der Waals surface area (Å²) in [5.41, 5.74) is 6.48. The Bertz CT molecular complexity index is 1880. The summed E-state index contributed by atoms with van der Waals surface area (Å²) in [5, 5.41) is 13.4. The average molecular weight is 597 g/mol. The van der Waals surface area contributed by atoms with Crippen molar-refractivity contribution < 1.29 is 23.5 Å². The van der Waals surface area contributed by atoms with Crippen LogP contribution in [0.3, 0.4) is 0 Å². The molecule has 44 heavy (non-hydrogen) atoms. The molecule has 2 aromatic carbocycles. The number of nitrogens with one attached hydrogen (secondary N) is 1. The van der Waals surface area contributed by atoms with Crippen LogP contribution in [0.15, 0.2) is 65.5 Å². The Kier molecular flexibility index (Phi) is 7.88. The lowest BCUT2D eigenvalue weighted by molar-refractivity contribution is -0.131. The van der Waals surface area contributed by atoms with Crippen LogP contribution in [0.4, 0.5) is 4.39 Å². The molecule has 1 aliphatic carbocycles. The summed E-state index contributed by atoms with van der Waals surface area (Å²) in [6, 6.07) is 13.4. The van der Waals surface area contributed by atoms with Crippen molar-refractivity contribution in [2.45, 2.75) is 56.9 Å². The van der Waals surface area contributed by atoms with Gasteiger partial charge in [-0.1, -0.05) is 19.1 Å². The zero-order valence-electron chi connectivity index (χ0n) is 25.3. The summed E-state index contributed by atoms with van der Waals surface area (Å²) in [4.78, 5) is 29.8. The maximum absolute atomic E-state index is 13.9. The standard InChI is InChI=1S/C35H37FN4O4/c1-4-23(7-5-17-36)31-26-11-10-24(20-28(26)39(2)32(31)25-14-18-44-21-25)33(43)38-35(15-6-16-35)34-37-27-12-8-22(9-13-30(41)42)19-29(27)40(34)3/h8-14,18-21,23H,4-7,15-17H2,1-3H3,(H,38,43)(H,41,42)/b13-9+. The number of carboxylic acids is 1. The Hall–Kier alpha value is -4.66.